The Kier molecular flexibility index (Phi) is 4.26. The monoisotopic (exact) mass is 308 g/mol. The zero-order chi connectivity index (χ0) is 14.8. The molecule has 2 N–H and O–H groups in total. The number of anilines is 1. The first-order chi connectivity index (χ1) is 10.2. The summed E-state index contributed by atoms with van der Waals surface area (Å²) in [5.41, 5.74) is 0.441. The summed E-state index contributed by atoms with van der Waals surface area (Å²) in [4.78, 5) is 24.3. The number of rotatable bonds is 4. The molecule has 5 nitrogen and oxygen atoms in total. The van der Waals surface area contributed by atoms with Crippen LogP contribution in [0.4, 0.5) is 5.00 Å². The van der Waals surface area contributed by atoms with Crippen LogP contribution in [0.5, 0.6) is 0 Å². The fraction of sp³-hybridized carbons (Fsp3) is 0.600. The van der Waals surface area contributed by atoms with Crippen LogP contribution in [0.25, 0.3) is 0 Å². The van der Waals surface area contributed by atoms with Gasteiger partial charge in [-0.3, -0.25) is 4.79 Å². The molecule has 1 aliphatic heterocycles. The number of fused-ring (bicyclic) bond motifs is 1. The molecule has 2 heterocycles. The number of esters is 1. The second-order valence-electron chi connectivity index (χ2n) is 5.61. The van der Waals surface area contributed by atoms with E-state index in [1.54, 1.807) is 18.4 Å². The molecule has 1 amide bonds. The van der Waals surface area contributed by atoms with E-state index in [2.05, 4.69) is 10.6 Å². The van der Waals surface area contributed by atoms with Gasteiger partial charge in [-0.05, 0) is 49.6 Å². The van der Waals surface area contributed by atoms with Gasteiger partial charge in [0.1, 0.15) is 5.00 Å². The topological polar surface area (TPSA) is 67.4 Å². The highest BCUT2D eigenvalue weighted by molar-refractivity contribution is 7.14. The first kappa shape index (κ1) is 14.5. The Bertz CT molecular complexity index is 543. The van der Waals surface area contributed by atoms with Crippen molar-refractivity contribution in [3.63, 3.8) is 0 Å². The average Bonchev–Trinajstić information content (AvgIpc) is 3.14. The molecule has 114 valence electrons. The van der Waals surface area contributed by atoms with Crippen LogP contribution in [0, 0.1) is 11.8 Å². The van der Waals surface area contributed by atoms with Gasteiger partial charge in [-0.2, -0.15) is 0 Å². The van der Waals surface area contributed by atoms with E-state index in [9.17, 15) is 9.59 Å². The molecular formula is C15H20N2O3S. The van der Waals surface area contributed by atoms with Crippen molar-refractivity contribution in [2.24, 2.45) is 11.8 Å². The van der Waals surface area contributed by atoms with Gasteiger partial charge >= 0.3 is 5.97 Å². The molecule has 1 saturated heterocycles. The van der Waals surface area contributed by atoms with Crippen molar-refractivity contribution in [2.75, 3.05) is 18.5 Å². The Morgan fingerprint density at radius 2 is 2.33 bits per heavy atom. The highest BCUT2D eigenvalue weighted by Crippen LogP contribution is 2.38. The summed E-state index contributed by atoms with van der Waals surface area (Å²) in [5.74, 6) is 0.661. The van der Waals surface area contributed by atoms with Gasteiger partial charge in [0.15, 0.2) is 0 Å². The minimum atomic E-state index is -0.382. The van der Waals surface area contributed by atoms with Gasteiger partial charge in [0.2, 0.25) is 5.91 Å². The minimum absolute atomic E-state index is 0.0302. The van der Waals surface area contributed by atoms with Gasteiger partial charge < -0.3 is 15.4 Å². The summed E-state index contributed by atoms with van der Waals surface area (Å²) in [6.45, 7) is 3.03. The molecule has 0 radical (unpaired) electrons. The largest absolute Gasteiger partial charge is 0.462 e. The summed E-state index contributed by atoms with van der Waals surface area (Å²) < 4.78 is 5.00. The molecule has 6 heteroatoms. The van der Waals surface area contributed by atoms with Crippen LogP contribution in [0.15, 0.2) is 11.4 Å². The molecule has 21 heavy (non-hydrogen) atoms. The summed E-state index contributed by atoms with van der Waals surface area (Å²) in [7, 11) is 0. The normalized spacial score (nSPS) is 27.4. The molecule has 3 atom stereocenters. The molecule has 1 saturated carbocycles. The van der Waals surface area contributed by atoms with Crippen LogP contribution >= 0.6 is 11.3 Å². The van der Waals surface area contributed by atoms with Crippen molar-refractivity contribution in [1.82, 2.24) is 5.32 Å². The van der Waals surface area contributed by atoms with Gasteiger partial charge in [0.25, 0.3) is 0 Å². The molecule has 0 bridgehead atoms. The van der Waals surface area contributed by atoms with E-state index in [-0.39, 0.29) is 17.9 Å². The molecule has 3 rings (SSSR count). The maximum absolute atomic E-state index is 12.5. The van der Waals surface area contributed by atoms with Gasteiger partial charge in [0.05, 0.1) is 18.2 Å². The fourth-order valence-corrected chi connectivity index (χ4v) is 4.22. The van der Waals surface area contributed by atoms with Gasteiger partial charge in [-0.25, -0.2) is 4.79 Å². The molecule has 1 aromatic heterocycles. The molecule has 1 aliphatic carbocycles. The molecule has 1 aromatic rings. The lowest BCUT2D eigenvalue weighted by molar-refractivity contribution is -0.118. The molecule has 3 unspecified atom stereocenters. The number of carbonyl (C=O) groups excluding carboxylic acids is 2. The predicted octanol–water partition coefficient (Wildman–Crippen LogP) is 2.25. The first-order valence-electron chi connectivity index (χ1n) is 7.49. The first-order valence-corrected chi connectivity index (χ1v) is 8.37. The Labute approximate surface area is 128 Å². The Hall–Kier alpha value is -1.40. The van der Waals surface area contributed by atoms with Crippen molar-refractivity contribution in [3.05, 3.63) is 17.0 Å². The standard InChI is InChI=1S/C15H20N2O3S/c1-2-20-15(19)11-6-7-21-14(11)17-13(18)12-10-5-3-4-9(10)8-16-12/h6-7,9-10,12,16H,2-5,8H2,1H3,(H,17,18). The minimum Gasteiger partial charge on any atom is -0.462 e. The van der Waals surface area contributed by atoms with Crippen LogP contribution in [-0.2, 0) is 9.53 Å². The van der Waals surface area contributed by atoms with E-state index in [1.807, 2.05) is 0 Å². The van der Waals surface area contributed by atoms with Crippen molar-refractivity contribution in [2.45, 2.75) is 32.2 Å². The summed E-state index contributed by atoms with van der Waals surface area (Å²) in [6.07, 6.45) is 3.55. The van der Waals surface area contributed by atoms with Crippen LogP contribution in [0.1, 0.15) is 36.5 Å². The number of hydrogen-bond donors (Lipinski definition) is 2. The van der Waals surface area contributed by atoms with Crippen molar-refractivity contribution in [1.29, 1.82) is 0 Å². The summed E-state index contributed by atoms with van der Waals surface area (Å²) in [5, 5.41) is 8.60. The van der Waals surface area contributed by atoms with Crippen LogP contribution < -0.4 is 10.6 Å². The second kappa shape index (κ2) is 6.15. The highest BCUT2D eigenvalue weighted by atomic mass is 32.1. The van der Waals surface area contributed by atoms with E-state index in [1.165, 1.54) is 24.2 Å². The van der Waals surface area contributed by atoms with E-state index in [0.29, 0.717) is 29.0 Å². The van der Waals surface area contributed by atoms with Gasteiger partial charge in [-0.1, -0.05) is 6.42 Å². The lowest BCUT2D eigenvalue weighted by Gasteiger charge is -2.17. The summed E-state index contributed by atoms with van der Waals surface area (Å²) >= 11 is 1.36. The predicted molar refractivity (Wildman–Crippen MR) is 81.5 cm³/mol. The number of carbonyl (C=O) groups is 2. The summed E-state index contributed by atoms with van der Waals surface area (Å²) in [6, 6.07) is 1.56. The van der Waals surface area contributed by atoms with Crippen molar-refractivity contribution < 1.29 is 14.3 Å². The number of hydrogen-bond acceptors (Lipinski definition) is 5. The quantitative estimate of drug-likeness (QED) is 0.837. The lowest BCUT2D eigenvalue weighted by atomic mass is 9.94. The van der Waals surface area contributed by atoms with Crippen LogP contribution in [-0.4, -0.2) is 31.1 Å². The maximum atomic E-state index is 12.5. The van der Waals surface area contributed by atoms with Crippen LogP contribution in [0.2, 0.25) is 0 Å². The number of amides is 1. The highest BCUT2D eigenvalue weighted by Gasteiger charge is 2.42. The second-order valence-corrected chi connectivity index (χ2v) is 6.53. The Morgan fingerprint density at radius 3 is 3.14 bits per heavy atom. The van der Waals surface area contributed by atoms with Crippen molar-refractivity contribution >= 4 is 28.2 Å². The number of nitrogens with one attached hydrogen (secondary N) is 2. The zero-order valence-electron chi connectivity index (χ0n) is 12.1. The third kappa shape index (κ3) is 2.82. The zero-order valence-corrected chi connectivity index (χ0v) is 12.9. The SMILES string of the molecule is CCOC(=O)c1ccsc1NC(=O)C1NCC2CCCC21. The molecule has 0 aromatic carbocycles. The van der Waals surface area contributed by atoms with Crippen LogP contribution in [0.3, 0.4) is 0 Å². The fourth-order valence-electron chi connectivity index (χ4n) is 3.44. The Balaban J connectivity index is 1.68. The molecule has 0 spiro atoms. The third-order valence-corrected chi connectivity index (χ3v) is 5.26. The smallest absolute Gasteiger partial charge is 0.341 e. The van der Waals surface area contributed by atoms with Gasteiger partial charge in [-0.15, -0.1) is 11.3 Å². The molecular weight excluding hydrogens is 288 g/mol. The van der Waals surface area contributed by atoms with E-state index in [0.717, 1.165) is 13.0 Å². The van der Waals surface area contributed by atoms with Crippen molar-refractivity contribution in [3.8, 4) is 0 Å². The van der Waals surface area contributed by atoms with E-state index < -0.39 is 0 Å². The molecule has 2 aliphatic rings. The Morgan fingerprint density at radius 1 is 1.48 bits per heavy atom. The van der Waals surface area contributed by atoms with E-state index in [4.69, 9.17) is 4.74 Å². The molecule has 2 fully saturated rings. The number of ether oxygens (including phenoxy) is 1. The maximum Gasteiger partial charge on any atom is 0.341 e. The average molecular weight is 308 g/mol. The van der Waals surface area contributed by atoms with E-state index >= 15 is 0 Å². The number of thiophene rings is 1. The third-order valence-electron chi connectivity index (χ3n) is 4.43. The van der Waals surface area contributed by atoms with Gasteiger partial charge in [0, 0.05) is 0 Å². The lowest BCUT2D eigenvalue weighted by Crippen LogP contribution is -2.39.